The lowest BCUT2D eigenvalue weighted by Crippen LogP contribution is -2.22. The van der Waals surface area contributed by atoms with Crippen molar-refractivity contribution >= 4 is 51.7 Å². The van der Waals surface area contributed by atoms with E-state index in [2.05, 4.69) is 10.3 Å². The molecule has 0 saturated heterocycles. The van der Waals surface area contributed by atoms with Crippen LogP contribution in [0.1, 0.15) is 11.1 Å². The zero-order chi connectivity index (χ0) is 18.7. The summed E-state index contributed by atoms with van der Waals surface area (Å²) in [6.07, 6.45) is 1.83. The first-order valence-electron chi connectivity index (χ1n) is 7.91. The second-order valence-corrected chi connectivity index (χ2v) is 6.58. The highest BCUT2D eigenvalue weighted by Crippen LogP contribution is 2.32. The van der Waals surface area contributed by atoms with E-state index in [4.69, 9.17) is 27.9 Å². The average Bonchev–Trinajstić information content (AvgIpc) is 3.03. The molecule has 3 rings (SSSR count). The van der Waals surface area contributed by atoms with Gasteiger partial charge in [0.05, 0.1) is 22.2 Å². The second-order valence-electron chi connectivity index (χ2n) is 5.80. The fourth-order valence-corrected chi connectivity index (χ4v) is 3.04. The average molecular weight is 391 g/mol. The summed E-state index contributed by atoms with van der Waals surface area (Å²) >= 11 is 12.2. The second kappa shape index (κ2) is 7.81. The summed E-state index contributed by atoms with van der Waals surface area (Å²) in [6, 6.07) is 11.0. The third kappa shape index (κ3) is 4.00. The first-order valence-corrected chi connectivity index (χ1v) is 8.66. The number of carbonyl (C=O) groups is 2. The number of ether oxygens (including phenoxy) is 1. The Labute approximate surface area is 160 Å². The molecule has 0 atom stereocenters. The smallest absolute Gasteiger partial charge is 0.310 e. The van der Waals surface area contributed by atoms with Crippen molar-refractivity contribution < 1.29 is 14.3 Å². The molecule has 2 aromatic carbocycles. The SMILES string of the molecule is Cc1ccc(Cl)c(NC(=O)COC(=O)Cc2c[nH]c3ccccc23)c1Cl. The predicted molar refractivity (Wildman–Crippen MR) is 103 cm³/mol. The number of hydrogen-bond donors (Lipinski definition) is 2. The third-order valence-corrected chi connectivity index (χ3v) is 4.72. The molecule has 1 aromatic heterocycles. The summed E-state index contributed by atoms with van der Waals surface area (Å²) in [5.74, 6) is -1.00. The van der Waals surface area contributed by atoms with Crippen LogP contribution in [0.3, 0.4) is 0 Å². The Morgan fingerprint density at radius 3 is 2.73 bits per heavy atom. The fourth-order valence-electron chi connectivity index (χ4n) is 2.58. The van der Waals surface area contributed by atoms with E-state index in [1.54, 1.807) is 25.3 Å². The van der Waals surface area contributed by atoms with Crippen LogP contribution in [0, 0.1) is 6.92 Å². The van der Waals surface area contributed by atoms with Gasteiger partial charge >= 0.3 is 5.97 Å². The molecule has 1 heterocycles. The van der Waals surface area contributed by atoms with Crippen LogP contribution in [-0.2, 0) is 20.7 Å². The van der Waals surface area contributed by atoms with Crippen molar-refractivity contribution in [1.29, 1.82) is 0 Å². The molecule has 2 N–H and O–H groups in total. The normalized spacial score (nSPS) is 10.7. The molecule has 0 spiro atoms. The number of benzene rings is 2. The van der Waals surface area contributed by atoms with Gasteiger partial charge in [0.25, 0.3) is 5.91 Å². The molecule has 0 aliphatic rings. The van der Waals surface area contributed by atoms with E-state index in [0.717, 1.165) is 22.0 Å². The van der Waals surface area contributed by atoms with Crippen molar-refractivity contribution in [1.82, 2.24) is 4.98 Å². The van der Waals surface area contributed by atoms with Gasteiger partial charge in [-0.05, 0) is 30.2 Å². The Morgan fingerprint density at radius 2 is 1.92 bits per heavy atom. The van der Waals surface area contributed by atoms with Gasteiger partial charge in [-0.1, -0.05) is 47.5 Å². The Kier molecular flexibility index (Phi) is 5.49. The molecule has 26 heavy (non-hydrogen) atoms. The molecule has 0 aliphatic carbocycles. The largest absolute Gasteiger partial charge is 0.455 e. The molecular weight excluding hydrogens is 375 g/mol. The van der Waals surface area contributed by atoms with E-state index < -0.39 is 18.5 Å². The fraction of sp³-hybridized carbons (Fsp3) is 0.158. The number of fused-ring (bicyclic) bond motifs is 1. The maximum Gasteiger partial charge on any atom is 0.310 e. The summed E-state index contributed by atoms with van der Waals surface area (Å²) in [4.78, 5) is 27.2. The number of halogens is 2. The monoisotopic (exact) mass is 390 g/mol. The number of hydrogen-bond acceptors (Lipinski definition) is 3. The molecule has 1 amide bonds. The number of esters is 1. The highest BCUT2D eigenvalue weighted by atomic mass is 35.5. The standard InChI is InChI=1S/C19H16Cl2N2O3/c1-11-6-7-14(20)19(18(11)21)23-16(24)10-26-17(25)8-12-9-22-15-5-3-2-4-13(12)15/h2-7,9,22H,8,10H2,1H3,(H,23,24). The number of anilines is 1. The minimum Gasteiger partial charge on any atom is -0.455 e. The van der Waals surface area contributed by atoms with E-state index in [9.17, 15) is 9.59 Å². The quantitative estimate of drug-likeness (QED) is 0.629. The third-order valence-electron chi connectivity index (χ3n) is 3.92. The van der Waals surface area contributed by atoms with Crippen LogP contribution in [0.15, 0.2) is 42.6 Å². The number of carbonyl (C=O) groups excluding carboxylic acids is 2. The zero-order valence-corrected chi connectivity index (χ0v) is 15.4. The van der Waals surface area contributed by atoms with Crippen molar-refractivity contribution in [2.45, 2.75) is 13.3 Å². The summed E-state index contributed by atoms with van der Waals surface area (Å²) < 4.78 is 5.06. The number of nitrogens with one attached hydrogen (secondary N) is 2. The van der Waals surface area contributed by atoms with Crippen LogP contribution in [0.4, 0.5) is 5.69 Å². The van der Waals surface area contributed by atoms with Crippen molar-refractivity contribution in [3.63, 3.8) is 0 Å². The van der Waals surface area contributed by atoms with E-state index in [1.807, 2.05) is 24.3 Å². The van der Waals surface area contributed by atoms with Crippen molar-refractivity contribution in [2.24, 2.45) is 0 Å². The van der Waals surface area contributed by atoms with Crippen molar-refractivity contribution in [3.05, 3.63) is 63.8 Å². The number of rotatable bonds is 5. The first kappa shape index (κ1) is 18.3. The molecule has 134 valence electrons. The molecule has 0 saturated carbocycles. The van der Waals surface area contributed by atoms with Crippen LogP contribution in [0.25, 0.3) is 10.9 Å². The Hall–Kier alpha value is -2.50. The van der Waals surface area contributed by atoms with E-state index in [-0.39, 0.29) is 6.42 Å². The molecule has 0 radical (unpaired) electrons. The molecule has 7 heteroatoms. The van der Waals surface area contributed by atoms with Crippen molar-refractivity contribution in [3.8, 4) is 0 Å². The number of aromatic amines is 1. The van der Waals surface area contributed by atoms with Crippen LogP contribution in [0.5, 0.6) is 0 Å². The van der Waals surface area contributed by atoms with Crippen LogP contribution in [-0.4, -0.2) is 23.5 Å². The summed E-state index contributed by atoms with van der Waals surface area (Å²) in [6.45, 7) is 1.39. The van der Waals surface area contributed by atoms with Gasteiger partial charge in [0.15, 0.2) is 6.61 Å². The topological polar surface area (TPSA) is 71.2 Å². The van der Waals surface area contributed by atoms with Gasteiger partial charge in [-0.25, -0.2) is 0 Å². The highest BCUT2D eigenvalue weighted by molar-refractivity contribution is 6.40. The highest BCUT2D eigenvalue weighted by Gasteiger charge is 2.15. The minimum absolute atomic E-state index is 0.0727. The van der Waals surface area contributed by atoms with Crippen LogP contribution < -0.4 is 5.32 Å². The zero-order valence-electron chi connectivity index (χ0n) is 13.9. The maximum absolute atomic E-state index is 12.0. The molecule has 0 bridgehead atoms. The maximum atomic E-state index is 12.0. The summed E-state index contributed by atoms with van der Waals surface area (Å²) in [5.41, 5.74) is 2.85. The van der Waals surface area contributed by atoms with Gasteiger partial charge in [-0.15, -0.1) is 0 Å². The van der Waals surface area contributed by atoms with Gasteiger partial charge < -0.3 is 15.0 Å². The molecule has 0 fully saturated rings. The van der Waals surface area contributed by atoms with Crippen LogP contribution in [0.2, 0.25) is 10.0 Å². The lowest BCUT2D eigenvalue weighted by Gasteiger charge is -2.11. The molecule has 0 aliphatic heterocycles. The van der Waals surface area contributed by atoms with Gasteiger partial charge in [-0.2, -0.15) is 0 Å². The first-order chi connectivity index (χ1) is 12.5. The lowest BCUT2D eigenvalue weighted by molar-refractivity contribution is -0.146. The lowest BCUT2D eigenvalue weighted by atomic mass is 10.1. The summed E-state index contributed by atoms with van der Waals surface area (Å²) in [5, 5.41) is 4.20. The van der Waals surface area contributed by atoms with E-state index in [0.29, 0.717) is 15.7 Å². The van der Waals surface area contributed by atoms with Gasteiger partial charge in [0.1, 0.15) is 0 Å². The molecule has 3 aromatic rings. The molecule has 0 unspecified atom stereocenters. The van der Waals surface area contributed by atoms with Crippen molar-refractivity contribution in [2.75, 3.05) is 11.9 Å². The summed E-state index contributed by atoms with van der Waals surface area (Å²) in [7, 11) is 0. The number of aromatic nitrogens is 1. The molecule has 5 nitrogen and oxygen atoms in total. The van der Waals surface area contributed by atoms with Crippen LogP contribution >= 0.6 is 23.2 Å². The van der Waals surface area contributed by atoms with E-state index >= 15 is 0 Å². The number of H-pyrrole nitrogens is 1. The number of amides is 1. The van der Waals surface area contributed by atoms with Gasteiger partial charge in [-0.3, -0.25) is 9.59 Å². The Balaban J connectivity index is 1.58. The molecular formula is C19H16Cl2N2O3. The van der Waals surface area contributed by atoms with Gasteiger partial charge in [0, 0.05) is 17.1 Å². The minimum atomic E-state index is -0.508. The van der Waals surface area contributed by atoms with E-state index in [1.165, 1.54) is 0 Å². The Morgan fingerprint density at radius 1 is 1.15 bits per heavy atom. The van der Waals surface area contributed by atoms with Gasteiger partial charge in [0.2, 0.25) is 0 Å². The number of aryl methyl sites for hydroxylation is 1. The number of para-hydroxylation sites is 1. The predicted octanol–water partition coefficient (Wildman–Crippen LogP) is 4.51. The Bertz CT molecular complexity index is 982.